The van der Waals surface area contributed by atoms with Gasteiger partial charge < -0.3 is 14.4 Å². The van der Waals surface area contributed by atoms with E-state index >= 15 is 0 Å². The molecule has 1 amide bonds. The molecule has 2 heterocycles. The van der Waals surface area contributed by atoms with Gasteiger partial charge in [0.05, 0.1) is 13.3 Å². The van der Waals surface area contributed by atoms with Crippen LogP contribution in [0.25, 0.3) is 22.4 Å². The number of methoxy groups -OCH3 is 1. The third kappa shape index (κ3) is 7.03. The van der Waals surface area contributed by atoms with Crippen molar-refractivity contribution in [3.8, 4) is 40.5 Å². The number of aromatic nitrogens is 3. The number of likely N-dealkylation sites (tertiary alicyclic amines) is 1. The van der Waals surface area contributed by atoms with Gasteiger partial charge in [0.1, 0.15) is 18.1 Å². The van der Waals surface area contributed by atoms with Gasteiger partial charge in [-0.1, -0.05) is 77.9 Å². The summed E-state index contributed by atoms with van der Waals surface area (Å²) in [4.78, 5) is 15.5. The molecule has 0 radical (unpaired) electrons. The Labute approximate surface area is 242 Å². The highest BCUT2D eigenvalue weighted by atomic mass is 16.5. The third-order valence-electron chi connectivity index (χ3n) is 7.59. The van der Waals surface area contributed by atoms with E-state index in [1.54, 1.807) is 13.3 Å². The Bertz CT molecular complexity index is 1470. The van der Waals surface area contributed by atoms with E-state index in [2.05, 4.69) is 40.5 Å². The highest BCUT2D eigenvalue weighted by Gasteiger charge is 2.28. The van der Waals surface area contributed by atoms with E-state index in [4.69, 9.17) is 15.9 Å². The first-order chi connectivity index (χ1) is 20.2. The van der Waals surface area contributed by atoms with E-state index in [1.165, 1.54) is 15.8 Å². The maximum absolute atomic E-state index is 13.6. The summed E-state index contributed by atoms with van der Waals surface area (Å²) in [5.74, 6) is 3.32. The van der Waals surface area contributed by atoms with Crippen molar-refractivity contribution in [3.63, 3.8) is 0 Å². The molecule has 1 aliphatic rings. The fourth-order valence-electron chi connectivity index (χ4n) is 5.41. The lowest BCUT2D eigenvalue weighted by Crippen LogP contribution is -2.46. The lowest BCUT2D eigenvalue weighted by atomic mass is 9.95. The molecule has 5 rings (SSSR count). The van der Waals surface area contributed by atoms with Gasteiger partial charge in [0, 0.05) is 30.3 Å². The summed E-state index contributed by atoms with van der Waals surface area (Å²) in [6.45, 7) is 1.76. The molecule has 1 fully saturated rings. The van der Waals surface area contributed by atoms with Gasteiger partial charge in [0.25, 0.3) is 0 Å². The average Bonchev–Trinajstić information content (AvgIpc) is 3.52. The Morgan fingerprint density at radius 3 is 2.54 bits per heavy atom. The molecule has 0 N–H and O–H groups in total. The molecular weight excluding hydrogens is 512 g/mol. The van der Waals surface area contributed by atoms with Gasteiger partial charge in [-0.15, -0.1) is 11.5 Å². The molecule has 0 bridgehead atoms. The first kappa shape index (κ1) is 28.1. The van der Waals surface area contributed by atoms with Crippen molar-refractivity contribution in [1.29, 1.82) is 0 Å². The number of terminal acetylenes is 1. The Morgan fingerprint density at radius 1 is 1.00 bits per heavy atom. The predicted molar refractivity (Wildman–Crippen MR) is 161 cm³/mol. The minimum Gasteiger partial charge on any atom is -0.496 e. The van der Waals surface area contributed by atoms with Crippen LogP contribution in [0.3, 0.4) is 0 Å². The van der Waals surface area contributed by atoms with E-state index in [-0.39, 0.29) is 12.1 Å². The first-order valence-corrected chi connectivity index (χ1v) is 14.2. The molecule has 1 atom stereocenters. The first-order valence-electron chi connectivity index (χ1n) is 14.2. The van der Waals surface area contributed by atoms with Crippen LogP contribution < -0.4 is 4.74 Å². The molecule has 1 aliphatic heterocycles. The van der Waals surface area contributed by atoms with Crippen molar-refractivity contribution in [2.75, 3.05) is 26.9 Å². The van der Waals surface area contributed by atoms with Crippen molar-refractivity contribution in [2.45, 2.75) is 44.6 Å². The molecule has 3 aromatic carbocycles. The van der Waals surface area contributed by atoms with Crippen LogP contribution in [0.1, 0.15) is 36.8 Å². The summed E-state index contributed by atoms with van der Waals surface area (Å²) in [6, 6.07) is 24.7. The van der Waals surface area contributed by atoms with Gasteiger partial charge >= 0.3 is 6.03 Å². The number of ether oxygens (including phenoxy) is 2. The number of hydrogen-bond donors (Lipinski definition) is 0. The van der Waals surface area contributed by atoms with Crippen LogP contribution in [0.5, 0.6) is 5.75 Å². The lowest BCUT2D eigenvalue weighted by Gasteiger charge is -2.35. The zero-order chi connectivity index (χ0) is 28.4. The molecule has 41 heavy (non-hydrogen) atoms. The van der Waals surface area contributed by atoms with E-state index in [0.29, 0.717) is 18.9 Å². The summed E-state index contributed by atoms with van der Waals surface area (Å²) in [7, 11) is 1.67. The lowest BCUT2D eigenvalue weighted by molar-refractivity contribution is 0.149. The molecule has 0 saturated carbocycles. The van der Waals surface area contributed by atoms with Crippen molar-refractivity contribution < 1.29 is 14.3 Å². The van der Waals surface area contributed by atoms with Crippen molar-refractivity contribution in [1.82, 2.24) is 19.9 Å². The highest BCUT2D eigenvalue weighted by molar-refractivity contribution is 5.78. The number of hydrogen-bond acceptors (Lipinski definition) is 5. The fourth-order valence-corrected chi connectivity index (χ4v) is 5.41. The van der Waals surface area contributed by atoms with Crippen LogP contribution in [0, 0.1) is 12.3 Å². The maximum Gasteiger partial charge on any atom is 0.346 e. The summed E-state index contributed by atoms with van der Waals surface area (Å²) >= 11 is 0. The molecule has 0 aliphatic carbocycles. The number of para-hydroxylation sites is 1. The van der Waals surface area contributed by atoms with Gasteiger partial charge in [-0.3, -0.25) is 0 Å². The standard InChI is InChI=1S/C34H36N4O3/c1-3-22-41-23-8-9-26-13-15-27(16-14-26)24-30-10-6-7-21-37(30)34(39)38-25-32(35-36-38)29-19-17-28(18-20-29)31-11-4-5-12-33(31)40-2/h1,4-5,11-20,25,30H,6-10,21-24H2,2H3. The van der Waals surface area contributed by atoms with E-state index in [0.717, 1.165) is 67.5 Å². The number of piperidine rings is 1. The molecule has 210 valence electrons. The number of aryl methyl sites for hydroxylation is 1. The largest absolute Gasteiger partial charge is 0.496 e. The van der Waals surface area contributed by atoms with Gasteiger partial charge in [0.2, 0.25) is 0 Å². The number of rotatable bonds is 10. The maximum atomic E-state index is 13.6. The molecule has 1 saturated heterocycles. The second-order valence-corrected chi connectivity index (χ2v) is 10.3. The zero-order valence-corrected chi connectivity index (χ0v) is 23.5. The topological polar surface area (TPSA) is 69.5 Å². The molecular formula is C34H36N4O3. The van der Waals surface area contributed by atoms with Crippen LogP contribution in [-0.2, 0) is 17.6 Å². The van der Waals surface area contributed by atoms with Gasteiger partial charge in [-0.2, -0.15) is 4.68 Å². The summed E-state index contributed by atoms with van der Waals surface area (Å²) in [6.07, 6.45) is 12.8. The Hall–Kier alpha value is -4.41. The second-order valence-electron chi connectivity index (χ2n) is 10.3. The Kier molecular flexibility index (Phi) is 9.45. The van der Waals surface area contributed by atoms with Crippen LogP contribution in [0.4, 0.5) is 4.79 Å². The number of carbonyl (C=O) groups is 1. The number of carbonyl (C=O) groups excluding carboxylic acids is 1. The molecule has 7 heteroatoms. The molecule has 1 unspecified atom stereocenters. The van der Waals surface area contributed by atoms with Crippen molar-refractivity contribution in [3.05, 3.63) is 90.1 Å². The van der Waals surface area contributed by atoms with Crippen molar-refractivity contribution in [2.24, 2.45) is 0 Å². The van der Waals surface area contributed by atoms with Crippen LogP contribution in [0.2, 0.25) is 0 Å². The fraction of sp³-hybridized carbons (Fsp3) is 0.324. The van der Waals surface area contributed by atoms with Gasteiger partial charge in [-0.25, -0.2) is 4.79 Å². The van der Waals surface area contributed by atoms with E-state index < -0.39 is 0 Å². The van der Waals surface area contributed by atoms with E-state index in [9.17, 15) is 4.79 Å². The zero-order valence-electron chi connectivity index (χ0n) is 23.5. The molecule has 4 aromatic rings. The minimum absolute atomic E-state index is 0.123. The quantitative estimate of drug-likeness (QED) is 0.173. The van der Waals surface area contributed by atoms with Gasteiger partial charge in [0.15, 0.2) is 0 Å². The molecule has 1 aromatic heterocycles. The summed E-state index contributed by atoms with van der Waals surface area (Å²) < 4.78 is 12.2. The molecule has 7 nitrogen and oxygen atoms in total. The second kappa shape index (κ2) is 13.8. The van der Waals surface area contributed by atoms with Crippen LogP contribution >= 0.6 is 0 Å². The number of nitrogens with zero attached hydrogens (tertiary/aromatic N) is 4. The Morgan fingerprint density at radius 2 is 1.76 bits per heavy atom. The number of benzene rings is 3. The number of amides is 1. The molecule has 0 spiro atoms. The third-order valence-corrected chi connectivity index (χ3v) is 7.59. The van der Waals surface area contributed by atoms with Crippen molar-refractivity contribution >= 4 is 6.03 Å². The Balaban J connectivity index is 1.22. The summed E-state index contributed by atoms with van der Waals surface area (Å²) in [5, 5.41) is 8.53. The summed E-state index contributed by atoms with van der Waals surface area (Å²) in [5.41, 5.74) is 6.15. The smallest absolute Gasteiger partial charge is 0.346 e. The minimum atomic E-state index is -0.123. The normalized spacial score (nSPS) is 14.9. The highest BCUT2D eigenvalue weighted by Crippen LogP contribution is 2.31. The monoisotopic (exact) mass is 548 g/mol. The average molecular weight is 549 g/mol. The predicted octanol–water partition coefficient (Wildman–Crippen LogP) is 6.27. The van der Waals surface area contributed by atoms with Gasteiger partial charge in [-0.05, 0) is 61.3 Å². The van der Waals surface area contributed by atoms with Crippen LogP contribution in [-0.4, -0.2) is 58.8 Å². The van der Waals surface area contributed by atoms with E-state index in [1.807, 2.05) is 53.4 Å². The van der Waals surface area contributed by atoms with Crippen LogP contribution in [0.15, 0.2) is 79.0 Å². The SMILES string of the molecule is C#CCOCCCc1ccc(CC2CCCCN2C(=O)n2cc(-c3ccc(-c4ccccc4OC)cc3)nn2)cc1.